The zero-order valence-corrected chi connectivity index (χ0v) is 22.8. The van der Waals surface area contributed by atoms with E-state index in [0.29, 0.717) is 11.3 Å². The Labute approximate surface area is 210 Å². The zero-order valence-electron chi connectivity index (χ0n) is 22.8. The highest BCUT2D eigenvalue weighted by atomic mass is 14.5. The van der Waals surface area contributed by atoms with Crippen molar-refractivity contribution in [3.63, 3.8) is 0 Å². The van der Waals surface area contributed by atoms with E-state index in [2.05, 4.69) is 102 Å². The third-order valence-electron chi connectivity index (χ3n) is 10.8. The van der Waals surface area contributed by atoms with Crippen LogP contribution in [0.25, 0.3) is 0 Å². The van der Waals surface area contributed by atoms with Crippen LogP contribution in [0.5, 0.6) is 0 Å². The summed E-state index contributed by atoms with van der Waals surface area (Å²) in [6.45, 7) is 15.1. The maximum Gasteiger partial charge on any atom is 0.00585 e. The number of hydrogen-bond donors (Lipinski definition) is 0. The van der Waals surface area contributed by atoms with Gasteiger partial charge in [-0.2, -0.15) is 0 Å². The predicted octanol–water partition coefficient (Wildman–Crippen LogP) is 10.4. The number of rotatable bonds is 7. The molecule has 0 aromatic heterocycles. The lowest BCUT2D eigenvalue weighted by molar-refractivity contribution is 0.133. The van der Waals surface area contributed by atoms with Gasteiger partial charge in [-0.15, -0.1) is 0 Å². The summed E-state index contributed by atoms with van der Waals surface area (Å²) < 4.78 is 0. The van der Waals surface area contributed by atoms with Crippen LogP contribution in [-0.2, 0) is 0 Å². The van der Waals surface area contributed by atoms with Crippen molar-refractivity contribution in [2.45, 2.75) is 105 Å². The fourth-order valence-corrected chi connectivity index (χ4v) is 7.42. The molecule has 0 amide bonds. The molecule has 1 saturated carbocycles. The van der Waals surface area contributed by atoms with E-state index in [-0.39, 0.29) is 10.8 Å². The van der Waals surface area contributed by atoms with Crippen molar-refractivity contribution in [3.8, 4) is 0 Å². The van der Waals surface area contributed by atoms with Crippen LogP contribution >= 0.6 is 0 Å². The minimum atomic E-state index is 0.139. The molecule has 4 unspecified atom stereocenters. The third-order valence-corrected chi connectivity index (χ3v) is 10.8. The van der Waals surface area contributed by atoms with Crippen molar-refractivity contribution in [1.29, 1.82) is 0 Å². The molecule has 0 aliphatic heterocycles. The van der Waals surface area contributed by atoms with E-state index in [0.717, 1.165) is 12.3 Å². The predicted molar refractivity (Wildman–Crippen MR) is 149 cm³/mol. The van der Waals surface area contributed by atoms with Crippen LogP contribution in [0.2, 0.25) is 0 Å². The van der Waals surface area contributed by atoms with Crippen molar-refractivity contribution in [1.82, 2.24) is 0 Å². The molecule has 0 bridgehead atoms. The van der Waals surface area contributed by atoms with E-state index in [9.17, 15) is 0 Å². The molecule has 34 heavy (non-hydrogen) atoms. The Morgan fingerprint density at radius 1 is 1.00 bits per heavy atom. The molecule has 5 atom stereocenters. The first-order valence-electron chi connectivity index (χ1n) is 14.1. The second-order valence-corrected chi connectivity index (χ2v) is 12.1. The molecule has 0 heterocycles. The summed E-state index contributed by atoms with van der Waals surface area (Å²) in [6.07, 6.45) is 24.0. The molecule has 0 nitrogen and oxygen atoms in total. The Balaban J connectivity index is 1.68. The molecular formula is C34H48. The van der Waals surface area contributed by atoms with Gasteiger partial charge in [-0.3, -0.25) is 0 Å². The highest BCUT2D eigenvalue weighted by molar-refractivity contribution is 5.42. The molecule has 0 spiro atoms. The van der Waals surface area contributed by atoms with E-state index in [1.165, 1.54) is 56.9 Å². The highest BCUT2D eigenvalue weighted by Gasteiger charge is 2.48. The molecule has 3 aliphatic rings. The summed E-state index contributed by atoms with van der Waals surface area (Å²) in [6, 6.07) is 11.1. The van der Waals surface area contributed by atoms with Crippen LogP contribution < -0.4 is 0 Å². The maximum atomic E-state index is 2.69. The van der Waals surface area contributed by atoms with Crippen molar-refractivity contribution in [2.75, 3.05) is 0 Å². The number of benzene rings is 1. The van der Waals surface area contributed by atoms with Crippen LogP contribution in [0.3, 0.4) is 0 Å². The van der Waals surface area contributed by atoms with Crippen molar-refractivity contribution < 1.29 is 0 Å². The first-order chi connectivity index (χ1) is 16.3. The summed E-state index contributed by atoms with van der Waals surface area (Å²) in [7, 11) is 0. The largest absolute Gasteiger partial charge is 0.0804 e. The van der Waals surface area contributed by atoms with Gasteiger partial charge in [-0.25, -0.2) is 0 Å². The molecule has 1 fully saturated rings. The Kier molecular flexibility index (Phi) is 7.47. The van der Waals surface area contributed by atoms with Gasteiger partial charge in [-0.1, -0.05) is 126 Å². The SMILES string of the molecule is CCC(C)(C1=CCCC(C2(C)CCCC[C@@H]2C)=C1)C(C)(CC)C1=CC=CC(c2ccccc2)C1. The van der Waals surface area contributed by atoms with Gasteiger partial charge in [-0.05, 0) is 72.8 Å². The minimum absolute atomic E-state index is 0.139. The van der Waals surface area contributed by atoms with Gasteiger partial charge in [0.1, 0.15) is 0 Å². The summed E-state index contributed by atoms with van der Waals surface area (Å²) in [5.74, 6) is 1.29. The minimum Gasteiger partial charge on any atom is -0.0804 e. The number of hydrogen-bond acceptors (Lipinski definition) is 0. The van der Waals surface area contributed by atoms with Crippen molar-refractivity contribution >= 4 is 0 Å². The molecule has 184 valence electrons. The van der Waals surface area contributed by atoms with E-state index < -0.39 is 0 Å². The van der Waals surface area contributed by atoms with E-state index in [4.69, 9.17) is 0 Å². The smallest absolute Gasteiger partial charge is 0.00585 e. The van der Waals surface area contributed by atoms with E-state index >= 15 is 0 Å². The maximum absolute atomic E-state index is 2.69. The van der Waals surface area contributed by atoms with E-state index in [1.54, 1.807) is 16.7 Å². The van der Waals surface area contributed by atoms with E-state index in [1.807, 2.05) is 0 Å². The first kappa shape index (κ1) is 25.3. The highest BCUT2D eigenvalue weighted by Crippen LogP contribution is 2.58. The second kappa shape index (κ2) is 10.0. The first-order valence-corrected chi connectivity index (χ1v) is 14.1. The molecule has 3 aliphatic carbocycles. The van der Waals surface area contributed by atoms with Crippen LogP contribution in [0, 0.1) is 22.2 Å². The zero-order chi connectivity index (χ0) is 24.4. The number of allylic oxidation sites excluding steroid dienone is 8. The van der Waals surface area contributed by atoms with Crippen molar-refractivity contribution in [3.05, 3.63) is 83.0 Å². The van der Waals surface area contributed by atoms with Crippen molar-refractivity contribution in [2.24, 2.45) is 22.2 Å². The lowest BCUT2D eigenvalue weighted by Gasteiger charge is -2.51. The average molecular weight is 457 g/mol. The summed E-state index contributed by atoms with van der Waals surface area (Å²) in [4.78, 5) is 0. The fourth-order valence-electron chi connectivity index (χ4n) is 7.42. The Hall–Kier alpha value is -1.82. The van der Waals surface area contributed by atoms with Crippen LogP contribution in [0.1, 0.15) is 111 Å². The van der Waals surface area contributed by atoms with Gasteiger partial charge in [0, 0.05) is 11.3 Å². The van der Waals surface area contributed by atoms with Crippen LogP contribution in [0.15, 0.2) is 77.4 Å². The summed E-state index contributed by atoms with van der Waals surface area (Å²) in [5.41, 5.74) is 7.11. The Bertz CT molecular complexity index is 973. The van der Waals surface area contributed by atoms with Crippen LogP contribution in [0.4, 0.5) is 0 Å². The molecule has 0 radical (unpaired) electrons. The molecule has 0 saturated heterocycles. The topological polar surface area (TPSA) is 0 Å². The van der Waals surface area contributed by atoms with Gasteiger partial charge in [0.05, 0.1) is 0 Å². The van der Waals surface area contributed by atoms with Gasteiger partial charge < -0.3 is 0 Å². The molecule has 0 heteroatoms. The van der Waals surface area contributed by atoms with Gasteiger partial charge in [0.15, 0.2) is 0 Å². The fraction of sp³-hybridized carbons (Fsp3) is 0.588. The normalized spacial score (nSPS) is 31.1. The Morgan fingerprint density at radius 3 is 2.41 bits per heavy atom. The molecule has 1 aromatic rings. The monoisotopic (exact) mass is 456 g/mol. The second-order valence-electron chi connectivity index (χ2n) is 12.1. The van der Waals surface area contributed by atoms with Gasteiger partial charge in [0.2, 0.25) is 0 Å². The Morgan fingerprint density at radius 2 is 1.74 bits per heavy atom. The molecular weight excluding hydrogens is 408 g/mol. The summed E-state index contributed by atoms with van der Waals surface area (Å²) >= 11 is 0. The standard InChI is InChI=1S/C34H48/c1-7-33(5,30-21-14-19-28(24-30)27-17-10-9-11-18-27)34(6,8-2)31-22-15-20-29(25-31)32(4)23-13-12-16-26(32)3/h9-11,14,17-19,21-22,25-26,28H,7-8,12-13,15-16,20,23-24H2,1-6H3/t26-,28?,32?,33?,34?/m0/s1. The summed E-state index contributed by atoms with van der Waals surface area (Å²) in [5, 5.41) is 0. The third kappa shape index (κ3) is 4.31. The molecule has 1 aromatic carbocycles. The van der Waals surface area contributed by atoms with Crippen LogP contribution in [-0.4, -0.2) is 0 Å². The molecule has 0 N–H and O–H groups in total. The van der Waals surface area contributed by atoms with Gasteiger partial charge >= 0.3 is 0 Å². The molecule has 4 rings (SSSR count). The quantitative estimate of drug-likeness (QED) is 0.383. The lowest BCUT2D eigenvalue weighted by atomic mass is 9.53. The lowest BCUT2D eigenvalue weighted by Crippen LogP contribution is -2.41. The van der Waals surface area contributed by atoms with Gasteiger partial charge in [0.25, 0.3) is 0 Å². The average Bonchev–Trinajstić information content (AvgIpc) is 2.90.